The SMILES string of the molecule is O=[N+]([O-])c1cccc(N(c2ccccc2)S(=O)(=O)c2ccccc2)c1OCC1CO1. The van der Waals surface area contributed by atoms with Crippen LogP contribution in [0.5, 0.6) is 5.75 Å². The Morgan fingerprint density at radius 3 is 2.23 bits per heavy atom. The van der Waals surface area contributed by atoms with Crippen molar-refractivity contribution in [3.63, 3.8) is 0 Å². The van der Waals surface area contributed by atoms with Gasteiger partial charge in [-0.05, 0) is 30.3 Å². The van der Waals surface area contributed by atoms with E-state index in [0.717, 1.165) is 4.31 Å². The predicted octanol–water partition coefficient (Wildman–Crippen LogP) is 3.90. The molecule has 0 amide bonds. The molecule has 0 radical (unpaired) electrons. The lowest BCUT2D eigenvalue weighted by Crippen LogP contribution is -2.27. The number of nitrogens with zero attached hydrogens (tertiary/aromatic N) is 2. The van der Waals surface area contributed by atoms with Crippen molar-refractivity contribution in [2.45, 2.75) is 11.0 Å². The standard InChI is InChI=1S/C21H18N2O6S/c24-23(25)20-13-7-12-19(21(20)29-15-17-14-28-17)22(16-8-3-1-4-9-16)30(26,27)18-10-5-2-6-11-18/h1-13,17H,14-15H2. The van der Waals surface area contributed by atoms with Gasteiger partial charge in [0.15, 0.2) is 0 Å². The Morgan fingerprint density at radius 1 is 1.00 bits per heavy atom. The average Bonchev–Trinajstić information content (AvgIpc) is 3.58. The summed E-state index contributed by atoms with van der Waals surface area (Å²) in [5.74, 6) is -0.124. The molecular weight excluding hydrogens is 408 g/mol. The van der Waals surface area contributed by atoms with Crippen molar-refractivity contribution in [3.8, 4) is 5.75 Å². The molecule has 1 aliphatic heterocycles. The van der Waals surface area contributed by atoms with Gasteiger partial charge >= 0.3 is 5.69 Å². The van der Waals surface area contributed by atoms with Crippen molar-refractivity contribution in [1.29, 1.82) is 0 Å². The minimum absolute atomic E-state index is 0.0526. The van der Waals surface area contributed by atoms with Crippen LogP contribution in [0.3, 0.4) is 0 Å². The Kier molecular flexibility index (Phi) is 5.39. The van der Waals surface area contributed by atoms with Crippen LogP contribution < -0.4 is 9.04 Å². The number of rotatable bonds is 8. The third-order valence-corrected chi connectivity index (χ3v) is 6.23. The van der Waals surface area contributed by atoms with Crippen LogP contribution in [0.15, 0.2) is 83.8 Å². The fraction of sp³-hybridized carbons (Fsp3) is 0.143. The topological polar surface area (TPSA) is 102 Å². The number of hydrogen-bond acceptors (Lipinski definition) is 6. The third-order valence-electron chi connectivity index (χ3n) is 4.48. The lowest BCUT2D eigenvalue weighted by atomic mass is 10.2. The van der Waals surface area contributed by atoms with Gasteiger partial charge in [-0.15, -0.1) is 0 Å². The van der Waals surface area contributed by atoms with Crippen molar-refractivity contribution in [3.05, 3.63) is 89.0 Å². The molecular formula is C21H18N2O6S. The highest BCUT2D eigenvalue weighted by Crippen LogP contribution is 2.43. The highest BCUT2D eigenvalue weighted by atomic mass is 32.2. The average molecular weight is 426 g/mol. The van der Waals surface area contributed by atoms with E-state index in [-0.39, 0.29) is 34.7 Å². The maximum absolute atomic E-state index is 13.6. The van der Waals surface area contributed by atoms with Gasteiger partial charge in [-0.2, -0.15) is 0 Å². The number of nitro benzene ring substituents is 1. The second-order valence-corrected chi connectivity index (χ2v) is 8.35. The first-order valence-electron chi connectivity index (χ1n) is 9.16. The molecule has 0 aromatic heterocycles. The normalized spacial score (nSPS) is 15.4. The molecule has 30 heavy (non-hydrogen) atoms. The molecule has 1 atom stereocenters. The Morgan fingerprint density at radius 2 is 1.63 bits per heavy atom. The smallest absolute Gasteiger partial charge is 0.313 e. The Bertz CT molecular complexity index is 1150. The third kappa shape index (κ3) is 3.98. The lowest BCUT2D eigenvalue weighted by molar-refractivity contribution is -0.385. The molecule has 1 fully saturated rings. The quantitative estimate of drug-likeness (QED) is 0.308. The van der Waals surface area contributed by atoms with Crippen LogP contribution in [0.4, 0.5) is 17.1 Å². The molecule has 154 valence electrons. The van der Waals surface area contributed by atoms with Gasteiger partial charge in [0.2, 0.25) is 5.75 Å². The van der Waals surface area contributed by atoms with Crippen LogP contribution >= 0.6 is 0 Å². The van der Waals surface area contributed by atoms with Crippen LogP contribution in [0.2, 0.25) is 0 Å². The molecule has 8 nitrogen and oxygen atoms in total. The zero-order chi connectivity index (χ0) is 21.1. The summed E-state index contributed by atoms with van der Waals surface area (Å²) < 4.78 is 39.1. The van der Waals surface area contributed by atoms with Crippen molar-refractivity contribution in [2.24, 2.45) is 0 Å². The first-order chi connectivity index (χ1) is 14.5. The second-order valence-electron chi connectivity index (χ2n) is 6.57. The zero-order valence-electron chi connectivity index (χ0n) is 15.7. The molecule has 3 aromatic carbocycles. The Labute approximate surface area is 173 Å². The molecule has 4 rings (SSSR count). The fourth-order valence-electron chi connectivity index (χ4n) is 2.97. The first-order valence-corrected chi connectivity index (χ1v) is 10.6. The van der Waals surface area contributed by atoms with Gasteiger partial charge in [0.05, 0.1) is 22.1 Å². The molecule has 1 unspecified atom stereocenters. The van der Waals surface area contributed by atoms with Gasteiger partial charge < -0.3 is 9.47 Å². The molecule has 1 saturated heterocycles. The van der Waals surface area contributed by atoms with E-state index in [9.17, 15) is 18.5 Å². The van der Waals surface area contributed by atoms with Crippen molar-refractivity contribution in [1.82, 2.24) is 0 Å². The number of hydrogen-bond donors (Lipinski definition) is 0. The van der Waals surface area contributed by atoms with Crippen molar-refractivity contribution in [2.75, 3.05) is 17.5 Å². The van der Waals surface area contributed by atoms with Gasteiger partial charge in [0.25, 0.3) is 10.0 Å². The number of nitro groups is 1. The second kappa shape index (κ2) is 8.13. The summed E-state index contributed by atoms with van der Waals surface area (Å²) in [5.41, 5.74) is 0.0617. The van der Waals surface area contributed by atoms with E-state index in [0.29, 0.717) is 12.3 Å². The summed E-state index contributed by atoms with van der Waals surface area (Å²) in [5, 5.41) is 11.6. The van der Waals surface area contributed by atoms with E-state index < -0.39 is 14.9 Å². The minimum atomic E-state index is -4.10. The van der Waals surface area contributed by atoms with Gasteiger partial charge in [0.1, 0.15) is 18.4 Å². The molecule has 0 bridgehead atoms. The van der Waals surface area contributed by atoms with Crippen LogP contribution in [0.25, 0.3) is 0 Å². The molecule has 1 heterocycles. The molecule has 0 saturated carbocycles. The number of benzene rings is 3. The van der Waals surface area contributed by atoms with Crippen LogP contribution in [-0.4, -0.2) is 32.7 Å². The number of anilines is 2. The number of sulfonamides is 1. The summed E-state index contributed by atoms with van der Waals surface area (Å²) in [4.78, 5) is 11.1. The van der Waals surface area contributed by atoms with Gasteiger partial charge in [-0.3, -0.25) is 10.1 Å². The summed E-state index contributed by atoms with van der Waals surface area (Å²) in [6.45, 7) is 0.590. The predicted molar refractivity (Wildman–Crippen MR) is 111 cm³/mol. The highest BCUT2D eigenvalue weighted by molar-refractivity contribution is 7.93. The van der Waals surface area contributed by atoms with Crippen LogP contribution in [0, 0.1) is 10.1 Å². The molecule has 0 aliphatic carbocycles. The van der Waals surface area contributed by atoms with Gasteiger partial charge in [-0.1, -0.05) is 42.5 Å². The van der Waals surface area contributed by atoms with E-state index >= 15 is 0 Å². The summed E-state index contributed by atoms with van der Waals surface area (Å²) >= 11 is 0. The molecule has 0 spiro atoms. The van der Waals surface area contributed by atoms with E-state index in [4.69, 9.17) is 9.47 Å². The first kappa shape index (κ1) is 19.9. The van der Waals surface area contributed by atoms with E-state index in [1.54, 1.807) is 48.5 Å². The van der Waals surface area contributed by atoms with E-state index in [1.165, 1.54) is 30.3 Å². The molecule has 0 N–H and O–H groups in total. The van der Waals surface area contributed by atoms with E-state index in [1.807, 2.05) is 0 Å². The maximum atomic E-state index is 13.6. The number of para-hydroxylation sites is 2. The van der Waals surface area contributed by atoms with Crippen molar-refractivity contribution < 1.29 is 22.8 Å². The maximum Gasteiger partial charge on any atom is 0.313 e. The fourth-order valence-corrected chi connectivity index (χ4v) is 4.49. The monoisotopic (exact) mass is 426 g/mol. The largest absolute Gasteiger partial charge is 0.482 e. The molecule has 9 heteroatoms. The number of epoxide rings is 1. The van der Waals surface area contributed by atoms with Crippen LogP contribution in [0.1, 0.15) is 0 Å². The summed E-state index contributed by atoms with van der Waals surface area (Å²) in [6.07, 6.45) is -0.159. The highest BCUT2D eigenvalue weighted by Gasteiger charge is 2.33. The molecule has 3 aromatic rings. The Balaban J connectivity index is 1.92. The zero-order valence-corrected chi connectivity index (χ0v) is 16.6. The number of ether oxygens (including phenoxy) is 2. The van der Waals surface area contributed by atoms with Crippen molar-refractivity contribution >= 4 is 27.1 Å². The molecule has 1 aliphatic rings. The van der Waals surface area contributed by atoms with Gasteiger partial charge in [-0.25, -0.2) is 12.7 Å². The lowest BCUT2D eigenvalue weighted by Gasteiger charge is -2.26. The van der Waals surface area contributed by atoms with Crippen LogP contribution in [-0.2, 0) is 14.8 Å². The van der Waals surface area contributed by atoms with Gasteiger partial charge in [0, 0.05) is 6.07 Å². The Hall–Kier alpha value is -3.43. The summed E-state index contributed by atoms with van der Waals surface area (Å²) in [7, 11) is -4.10. The summed E-state index contributed by atoms with van der Waals surface area (Å²) in [6, 6.07) is 20.5. The van der Waals surface area contributed by atoms with E-state index in [2.05, 4.69) is 0 Å². The minimum Gasteiger partial charge on any atom is -0.482 e.